The summed E-state index contributed by atoms with van der Waals surface area (Å²) in [5.41, 5.74) is 1.15. The van der Waals surface area contributed by atoms with Gasteiger partial charge in [-0.1, -0.05) is 12.1 Å². The Morgan fingerprint density at radius 1 is 1.40 bits per heavy atom. The van der Waals surface area contributed by atoms with Crippen LogP contribution in [0.3, 0.4) is 0 Å². The lowest BCUT2D eigenvalue weighted by Gasteiger charge is -2.08. The summed E-state index contributed by atoms with van der Waals surface area (Å²) in [6.45, 7) is 1.23. The lowest BCUT2D eigenvalue weighted by Crippen LogP contribution is -2.27. The standard InChI is InChI=1S/C11H16ClNO2/c1-15-11-4-2-9(3-5-11)7-13-8-10(14)6-12/h2-5,10,13-14H,6-8H2,1H3. The van der Waals surface area contributed by atoms with Crippen molar-refractivity contribution in [3.63, 3.8) is 0 Å². The van der Waals surface area contributed by atoms with E-state index >= 15 is 0 Å². The van der Waals surface area contributed by atoms with E-state index in [1.165, 1.54) is 0 Å². The summed E-state index contributed by atoms with van der Waals surface area (Å²) in [5.74, 6) is 1.11. The van der Waals surface area contributed by atoms with E-state index in [9.17, 15) is 5.11 Å². The third-order valence-corrected chi connectivity index (χ3v) is 2.40. The fourth-order valence-corrected chi connectivity index (χ4v) is 1.29. The zero-order valence-electron chi connectivity index (χ0n) is 8.74. The highest BCUT2D eigenvalue weighted by molar-refractivity contribution is 6.18. The van der Waals surface area contributed by atoms with Gasteiger partial charge < -0.3 is 15.2 Å². The van der Waals surface area contributed by atoms with Gasteiger partial charge in [0.05, 0.1) is 13.2 Å². The number of benzene rings is 1. The van der Waals surface area contributed by atoms with E-state index in [1.807, 2.05) is 24.3 Å². The Morgan fingerprint density at radius 3 is 2.60 bits per heavy atom. The van der Waals surface area contributed by atoms with Crippen molar-refractivity contribution in [2.75, 3.05) is 19.5 Å². The summed E-state index contributed by atoms with van der Waals surface area (Å²) in [6, 6.07) is 7.79. The number of ether oxygens (including phenoxy) is 1. The van der Waals surface area contributed by atoms with Crippen molar-refractivity contribution in [3.8, 4) is 5.75 Å². The minimum Gasteiger partial charge on any atom is -0.497 e. The number of alkyl halides is 1. The van der Waals surface area contributed by atoms with Gasteiger partial charge in [-0.3, -0.25) is 0 Å². The van der Waals surface area contributed by atoms with E-state index < -0.39 is 6.10 Å². The minimum atomic E-state index is -0.482. The molecule has 0 aliphatic rings. The van der Waals surface area contributed by atoms with Gasteiger partial charge in [-0.25, -0.2) is 0 Å². The molecule has 0 fully saturated rings. The summed E-state index contributed by atoms with van der Waals surface area (Å²) in [6.07, 6.45) is -0.482. The average molecular weight is 230 g/mol. The van der Waals surface area contributed by atoms with E-state index in [0.717, 1.165) is 17.9 Å². The Morgan fingerprint density at radius 2 is 2.07 bits per heavy atom. The largest absolute Gasteiger partial charge is 0.497 e. The summed E-state index contributed by atoms with van der Waals surface area (Å²) < 4.78 is 5.05. The molecule has 1 atom stereocenters. The molecule has 84 valence electrons. The SMILES string of the molecule is COc1ccc(CNCC(O)CCl)cc1. The number of aliphatic hydroxyl groups excluding tert-OH is 1. The van der Waals surface area contributed by atoms with E-state index in [4.69, 9.17) is 16.3 Å². The highest BCUT2D eigenvalue weighted by Gasteiger charge is 2.00. The fraction of sp³-hybridized carbons (Fsp3) is 0.455. The zero-order chi connectivity index (χ0) is 11.1. The van der Waals surface area contributed by atoms with Crippen LogP contribution in [0.4, 0.5) is 0 Å². The van der Waals surface area contributed by atoms with E-state index in [0.29, 0.717) is 6.54 Å². The molecule has 2 N–H and O–H groups in total. The summed E-state index contributed by atoms with van der Waals surface area (Å²) in [7, 11) is 1.64. The van der Waals surface area contributed by atoms with Gasteiger partial charge in [-0.15, -0.1) is 11.6 Å². The molecular formula is C11H16ClNO2. The quantitative estimate of drug-likeness (QED) is 0.725. The topological polar surface area (TPSA) is 41.5 Å². The van der Waals surface area contributed by atoms with Crippen molar-refractivity contribution in [1.82, 2.24) is 5.32 Å². The van der Waals surface area contributed by atoms with Crippen molar-refractivity contribution < 1.29 is 9.84 Å². The van der Waals surface area contributed by atoms with Crippen LogP contribution in [0.2, 0.25) is 0 Å². The molecule has 1 aromatic carbocycles. The van der Waals surface area contributed by atoms with Crippen LogP contribution >= 0.6 is 11.6 Å². The van der Waals surface area contributed by atoms with Crippen LogP contribution in [-0.4, -0.2) is 30.7 Å². The molecule has 0 heterocycles. The molecule has 0 aromatic heterocycles. The van der Waals surface area contributed by atoms with Crippen LogP contribution < -0.4 is 10.1 Å². The molecule has 3 nitrogen and oxygen atoms in total. The van der Waals surface area contributed by atoms with Crippen LogP contribution in [0, 0.1) is 0 Å². The predicted molar refractivity (Wildman–Crippen MR) is 61.4 cm³/mol. The molecule has 1 rings (SSSR count). The molecule has 0 aliphatic carbocycles. The normalized spacial score (nSPS) is 12.5. The first-order chi connectivity index (χ1) is 7.26. The average Bonchev–Trinajstić information content (AvgIpc) is 2.29. The molecular weight excluding hydrogens is 214 g/mol. The summed E-state index contributed by atoms with van der Waals surface area (Å²) >= 11 is 5.47. The van der Waals surface area contributed by atoms with Crippen LogP contribution in [0.1, 0.15) is 5.56 Å². The molecule has 0 bridgehead atoms. The Kier molecular flexibility index (Phi) is 5.47. The second-order valence-corrected chi connectivity index (χ2v) is 3.60. The van der Waals surface area contributed by atoms with Gasteiger partial charge in [-0.05, 0) is 17.7 Å². The monoisotopic (exact) mass is 229 g/mol. The Balaban J connectivity index is 2.31. The van der Waals surface area contributed by atoms with Crippen molar-refractivity contribution in [1.29, 1.82) is 0 Å². The molecule has 1 unspecified atom stereocenters. The number of hydrogen-bond acceptors (Lipinski definition) is 3. The van der Waals surface area contributed by atoms with E-state index in [-0.39, 0.29) is 5.88 Å². The molecule has 0 amide bonds. The Hall–Kier alpha value is -0.770. The second-order valence-electron chi connectivity index (χ2n) is 3.29. The number of methoxy groups -OCH3 is 1. The van der Waals surface area contributed by atoms with Gasteiger partial charge in [0, 0.05) is 19.0 Å². The van der Waals surface area contributed by atoms with E-state index in [2.05, 4.69) is 5.32 Å². The van der Waals surface area contributed by atoms with Crippen LogP contribution in [-0.2, 0) is 6.54 Å². The number of halogens is 1. The lowest BCUT2D eigenvalue weighted by molar-refractivity contribution is 0.194. The highest BCUT2D eigenvalue weighted by atomic mass is 35.5. The van der Waals surface area contributed by atoms with Crippen molar-refractivity contribution in [3.05, 3.63) is 29.8 Å². The van der Waals surface area contributed by atoms with Crippen molar-refractivity contribution in [2.24, 2.45) is 0 Å². The van der Waals surface area contributed by atoms with Crippen molar-refractivity contribution >= 4 is 11.6 Å². The van der Waals surface area contributed by atoms with Gasteiger partial charge in [0.1, 0.15) is 5.75 Å². The smallest absolute Gasteiger partial charge is 0.118 e. The van der Waals surface area contributed by atoms with Gasteiger partial charge in [-0.2, -0.15) is 0 Å². The summed E-state index contributed by atoms with van der Waals surface area (Å²) in [5, 5.41) is 12.3. The highest BCUT2D eigenvalue weighted by Crippen LogP contribution is 2.10. The maximum atomic E-state index is 9.20. The predicted octanol–water partition coefficient (Wildman–Crippen LogP) is 1.38. The fourth-order valence-electron chi connectivity index (χ4n) is 1.18. The zero-order valence-corrected chi connectivity index (χ0v) is 9.50. The van der Waals surface area contributed by atoms with Crippen LogP contribution in [0.25, 0.3) is 0 Å². The molecule has 0 aliphatic heterocycles. The van der Waals surface area contributed by atoms with Gasteiger partial charge >= 0.3 is 0 Å². The first-order valence-corrected chi connectivity index (χ1v) is 5.37. The van der Waals surface area contributed by atoms with Gasteiger partial charge in [0.25, 0.3) is 0 Å². The van der Waals surface area contributed by atoms with Gasteiger partial charge in [0.2, 0.25) is 0 Å². The summed E-state index contributed by atoms with van der Waals surface area (Å²) in [4.78, 5) is 0. The molecule has 0 radical (unpaired) electrons. The maximum absolute atomic E-state index is 9.20. The lowest BCUT2D eigenvalue weighted by atomic mass is 10.2. The van der Waals surface area contributed by atoms with Crippen LogP contribution in [0.5, 0.6) is 5.75 Å². The number of hydrogen-bond donors (Lipinski definition) is 2. The first-order valence-electron chi connectivity index (χ1n) is 4.84. The second kappa shape index (κ2) is 6.67. The number of rotatable bonds is 6. The molecule has 1 aromatic rings. The van der Waals surface area contributed by atoms with Crippen molar-refractivity contribution in [2.45, 2.75) is 12.6 Å². The molecule has 4 heteroatoms. The van der Waals surface area contributed by atoms with Crippen LogP contribution in [0.15, 0.2) is 24.3 Å². The maximum Gasteiger partial charge on any atom is 0.118 e. The number of aliphatic hydroxyl groups is 1. The third kappa shape index (κ3) is 4.51. The van der Waals surface area contributed by atoms with E-state index in [1.54, 1.807) is 7.11 Å². The molecule has 15 heavy (non-hydrogen) atoms. The Bertz CT molecular complexity index is 276. The van der Waals surface area contributed by atoms with Gasteiger partial charge in [0.15, 0.2) is 0 Å². The Labute approximate surface area is 95.0 Å². The minimum absolute atomic E-state index is 0.260. The first kappa shape index (κ1) is 12.3. The molecule has 0 spiro atoms. The molecule has 0 saturated heterocycles. The number of nitrogens with one attached hydrogen (secondary N) is 1. The third-order valence-electron chi connectivity index (χ3n) is 2.05. The molecule has 0 saturated carbocycles.